The summed E-state index contributed by atoms with van der Waals surface area (Å²) >= 11 is 0. The molecule has 1 aromatic heterocycles. The molecule has 1 aliphatic rings. The normalized spacial score (nSPS) is 24.6. The number of hydrogen-bond donors (Lipinski definition) is 5. The van der Waals surface area contributed by atoms with Crippen LogP contribution in [-0.2, 0) is 36.3 Å². The molecule has 0 spiro atoms. The second-order valence-electron chi connectivity index (χ2n) is 4.90. The lowest BCUT2D eigenvalue weighted by Crippen LogP contribution is -2.30. The van der Waals surface area contributed by atoms with Gasteiger partial charge in [-0.05, 0) is 0 Å². The summed E-state index contributed by atoms with van der Waals surface area (Å²) < 4.78 is 68.8. The quantitative estimate of drug-likeness (QED) is 0.291. The zero-order valence-electron chi connectivity index (χ0n) is 13.3. The van der Waals surface area contributed by atoms with E-state index >= 15 is 0 Å². The van der Waals surface area contributed by atoms with E-state index in [4.69, 9.17) is 29.9 Å². The first kappa shape index (κ1) is 23.2. The highest BCUT2D eigenvalue weighted by Crippen LogP contribution is 2.66. The first-order valence-corrected chi connectivity index (χ1v) is 11.3. The van der Waals surface area contributed by atoms with Crippen molar-refractivity contribution in [1.29, 1.82) is 0 Å². The highest BCUT2D eigenvalue weighted by atomic mass is 31.3. The van der Waals surface area contributed by atoms with E-state index in [9.17, 15) is 27.8 Å². The third-order valence-corrected chi connectivity index (χ3v) is 6.57. The average Bonchev–Trinajstić information content (AvgIpc) is 2.94. The van der Waals surface area contributed by atoms with Gasteiger partial charge in [0.25, 0.3) is 0 Å². The summed E-state index contributed by atoms with van der Waals surface area (Å²) in [7, 11) is -16.6. The number of aromatic nitrogens is 2. The van der Waals surface area contributed by atoms with Crippen molar-refractivity contribution in [1.82, 2.24) is 9.55 Å². The molecule has 0 aromatic carbocycles. The van der Waals surface area contributed by atoms with Gasteiger partial charge in [0.1, 0.15) is 6.61 Å². The van der Waals surface area contributed by atoms with Crippen LogP contribution < -0.4 is 11.4 Å². The van der Waals surface area contributed by atoms with Gasteiger partial charge in [-0.2, -0.15) is 13.6 Å². The topological polar surface area (TPSA) is 239 Å². The molecule has 2 rings (SSSR count). The molecule has 1 saturated heterocycles. The van der Waals surface area contributed by atoms with Gasteiger partial charge in [0.15, 0.2) is 24.2 Å². The van der Waals surface area contributed by atoms with Gasteiger partial charge >= 0.3 is 29.2 Å². The van der Waals surface area contributed by atoms with E-state index in [2.05, 4.69) is 18.1 Å². The molecule has 0 radical (unpaired) electrons. The first-order valence-electron chi connectivity index (χ1n) is 6.77. The number of nitrogen functional groups attached to an aromatic ring is 1. The molecule has 0 aliphatic carbocycles. The van der Waals surface area contributed by atoms with Crippen LogP contribution in [0.25, 0.3) is 0 Å². The Hall–Kier alpha value is -1.06. The summed E-state index contributed by atoms with van der Waals surface area (Å²) in [5.74, 6) is -1.65. The van der Waals surface area contributed by atoms with Crippen molar-refractivity contribution in [3.63, 3.8) is 0 Å². The van der Waals surface area contributed by atoms with Gasteiger partial charge in [0, 0.05) is 0 Å². The van der Waals surface area contributed by atoms with Crippen LogP contribution in [0.15, 0.2) is 11.0 Å². The summed E-state index contributed by atoms with van der Waals surface area (Å²) in [5, 5.41) is 0. The van der Waals surface area contributed by atoms with Crippen LogP contribution in [0.4, 0.5) is 10.2 Å². The summed E-state index contributed by atoms with van der Waals surface area (Å²) in [6.07, 6.45) is -1.92. The summed E-state index contributed by atoms with van der Waals surface area (Å²) in [6.45, 7) is -1.24. The molecular weight excluding hydrogens is 458 g/mol. The van der Waals surface area contributed by atoms with Crippen molar-refractivity contribution in [2.45, 2.75) is 12.5 Å². The Morgan fingerprint density at radius 2 is 1.89 bits per heavy atom. The number of hydrogen-bond acceptors (Lipinski definition) is 11. The third kappa shape index (κ3) is 6.77. The molecule has 28 heavy (non-hydrogen) atoms. The van der Waals surface area contributed by atoms with E-state index in [1.54, 1.807) is 0 Å². The van der Waals surface area contributed by atoms with Gasteiger partial charge in [0.2, 0.25) is 0 Å². The van der Waals surface area contributed by atoms with Crippen molar-refractivity contribution >= 4 is 29.3 Å². The minimum absolute atomic E-state index is 0.338. The molecule has 160 valence electrons. The Morgan fingerprint density at radius 3 is 2.50 bits per heavy atom. The molecule has 0 bridgehead atoms. The molecule has 2 heterocycles. The Balaban J connectivity index is 1.95. The van der Waals surface area contributed by atoms with E-state index in [0.29, 0.717) is 10.8 Å². The van der Waals surface area contributed by atoms with Crippen molar-refractivity contribution in [3.05, 3.63) is 22.5 Å². The SMILES string of the molecule is Nc1nc(=O)n([C@H]2CO[C@@H](COP(=O)(O)OP(=O)(O)OP(=O)(O)O)O2)cc1F. The van der Waals surface area contributed by atoms with Crippen molar-refractivity contribution in [2.24, 2.45) is 0 Å². The molecule has 0 amide bonds. The van der Waals surface area contributed by atoms with Crippen molar-refractivity contribution < 1.29 is 60.3 Å². The first-order chi connectivity index (χ1) is 12.7. The van der Waals surface area contributed by atoms with E-state index in [1.807, 2.05) is 0 Å². The monoisotopic (exact) mass is 471 g/mol. The molecule has 20 heteroatoms. The predicted molar refractivity (Wildman–Crippen MR) is 82.5 cm³/mol. The van der Waals surface area contributed by atoms with Crippen LogP contribution in [0.5, 0.6) is 0 Å². The number of nitrogens with two attached hydrogens (primary N) is 1. The summed E-state index contributed by atoms with van der Waals surface area (Å²) in [5.41, 5.74) is 4.16. The van der Waals surface area contributed by atoms with Crippen LogP contribution >= 0.6 is 23.5 Å². The highest BCUT2D eigenvalue weighted by molar-refractivity contribution is 7.66. The second-order valence-corrected chi connectivity index (χ2v) is 9.32. The maximum atomic E-state index is 13.4. The van der Waals surface area contributed by atoms with Crippen LogP contribution in [0, 0.1) is 5.82 Å². The van der Waals surface area contributed by atoms with E-state index < -0.39 is 59.9 Å². The zero-order valence-corrected chi connectivity index (χ0v) is 16.0. The maximum Gasteiger partial charge on any atom is 0.490 e. The standard InChI is InChI=1S/C8H13FN3O13P3/c9-4-1-12(8(13)11-7(4)10)5-2-21-6(23-5)3-22-27(17,18)25-28(19,20)24-26(14,15)16/h1,5-6H,2-3H2,(H,17,18)(H,19,20)(H2,10,11,13)(H2,14,15,16)/t5-,6-/m1/s1. The molecule has 0 saturated carbocycles. The number of anilines is 1. The Kier molecular flexibility index (Phi) is 6.93. The number of phosphoric ester groups is 1. The van der Waals surface area contributed by atoms with Gasteiger partial charge in [0.05, 0.1) is 12.8 Å². The largest absolute Gasteiger partial charge is 0.490 e. The highest BCUT2D eigenvalue weighted by Gasteiger charge is 2.41. The molecule has 16 nitrogen and oxygen atoms in total. The van der Waals surface area contributed by atoms with E-state index in [0.717, 1.165) is 0 Å². The molecule has 2 unspecified atom stereocenters. The summed E-state index contributed by atoms with van der Waals surface area (Å²) in [4.78, 5) is 50.0. The molecule has 1 aromatic rings. The van der Waals surface area contributed by atoms with Crippen LogP contribution in [0.1, 0.15) is 6.23 Å². The van der Waals surface area contributed by atoms with E-state index in [-0.39, 0.29) is 6.61 Å². The molecule has 1 aliphatic heterocycles. The van der Waals surface area contributed by atoms with Crippen LogP contribution in [0.2, 0.25) is 0 Å². The lowest BCUT2D eigenvalue weighted by molar-refractivity contribution is -0.0974. The Labute approximate surface area is 154 Å². The predicted octanol–water partition coefficient (Wildman–Crippen LogP) is -0.821. The minimum atomic E-state index is -5.66. The molecule has 1 fully saturated rings. The lowest BCUT2D eigenvalue weighted by Gasteiger charge is -2.18. The van der Waals surface area contributed by atoms with Crippen LogP contribution in [-0.4, -0.2) is 48.6 Å². The Morgan fingerprint density at radius 1 is 1.25 bits per heavy atom. The molecule has 6 N–H and O–H groups in total. The fourth-order valence-corrected chi connectivity index (χ4v) is 4.80. The maximum absolute atomic E-state index is 13.4. The molecule has 4 atom stereocenters. The molecular formula is C8H13FN3O13P3. The van der Waals surface area contributed by atoms with Crippen molar-refractivity contribution in [3.8, 4) is 0 Å². The van der Waals surface area contributed by atoms with Gasteiger partial charge in [-0.15, -0.1) is 0 Å². The number of halogens is 1. The third-order valence-electron chi connectivity index (χ3n) is 2.77. The minimum Gasteiger partial charge on any atom is -0.381 e. The van der Waals surface area contributed by atoms with Gasteiger partial charge < -0.3 is 34.8 Å². The number of rotatable bonds is 8. The van der Waals surface area contributed by atoms with Crippen molar-refractivity contribution in [2.75, 3.05) is 18.9 Å². The summed E-state index contributed by atoms with van der Waals surface area (Å²) in [6, 6.07) is 0. The smallest absolute Gasteiger partial charge is 0.381 e. The Bertz CT molecular complexity index is 932. The fraction of sp³-hybridized carbons (Fsp3) is 0.500. The fourth-order valence-electron chi connectivity index (χ4n) is 1.80. The number of ether oxygens (including phenoxy) is 2. The van der Waals surface area contributed by atoms with E-state index in [1.165, 1.54) is 0 Å². The van der Waals surface area contributed by atoms with Gasteiger partial charge in [-0.1, -0.05) is 0 Å². The number of phosphoric acid groups is 3. The average molecular weight is 471 g/mol. The van der Waals surface area contributed by atoms with Gasteiger partial charge in [-0.25, -0.2) is 22.9 Å². The lowest BCUT2D eigenvalue weighted by atomic mass is 10.5. The van der Waals surface area contributed by atoms with Gasteiger partial charge in [-0.3, -0.25) is 9.09 Å². The zero-order chi connectivity index (χ0) is 21.3. The second kappa shape index (κ2) is 8.36. The van der Waals surface area contributed by atoms with Crippen LogP contribution in [0.3, 0.4) is 0 Å². The number of nitrogens with zero attached hydrogens (tertiary/aromatic N) is 2.